The van der Waals surface area contributed by atoms with Gasteiger partial charge in [-0.2, -0.15) is 18.4 Å². The van der Waals surface area contributed by atoms with E-state index in [9.17, 15) is 13.2 Å². The highest BCUT2D eigenvalue weighted by atomic mass is 19.4. The second-order valence-electron chi connectivity index (χ2n) is 6.40. The van der Waals surface area contributed by atoms with E-state index in [0.717, 1.165) is 28.8 Å². The van der Waals surface area contributed by atoms with E-state index in [1.165, 1.54) is 12.1 Å². The number of hydrogen-bond acceptors (Lipinski definition) is 2. The molecule has 5 heteroatoms. The minimum absolute atomic E-state index is 0.291. The van der Waals surface area contributed by atoms with Crippen molar-refractivity contribution in [1.82, 2.24) is 0 Å². The molecule has 0 aliphatic heterocycles. The molecule has 0 aliphatic rings. The van der Waals surface area contributed by atoms with Crippen LogP contribution in [0, 0.1) is 11.3 Å². The van der Waals surface area contributed by atoms with Crippen molar-refractivity contribution in [3.63, 3.8) is 0 Å². The van der Waals surface area contributed by atoms with Crippen LogP contribution in [0.2, 0.25) is 0 Å². The molecule has 0 bridgehead atoms. The van der Waals surface area contributed by atoms with Crippen molar-refractivity contribution in [3.8, 4) is 22.9 Å². The molecular weight excluding hydrogens is 375 g/mol. The Morgan fingerprint density at radius 1 is 0.897 bits per heavy atom. The van der Waals surface area contributed by atoms with Gasteiger partial charge in [-0.15, -0.1) is 0 Å². The van der Waals surface area contributed by atoms with Crippen LogP contribution in [0.4, 0.5) is 13.2 Å². The zero-order valence-corrected chi connectivity index (χ0v) is 15.5. The van der Waals surface area contributed by atoms with Gasteiger partial charge in [0.25, 0.3) is 0 Å². The minimum atomic E-state index is -4.33. The van der Waals surface area contributed by atoms with E-state index >= 15 is 0 Å². The Balaban J connectivity index is 1.62. The SMILES string of the molecule is N#CCc1cccc(-c2cccc(OC/C=C/c3ccc(C(F)(F)F)cc3)c2)c1. The Labute approximate surface area is 167 Å². The van der Waals surface area contributed by atoms with Crippen LogP contribution in [0.1, 0.15) is 16.7 Å². The Morgan fingerprint density at radius 2 is 1.59 bits per heavy atom. The van der Waals surface area contributed by atoms with Gasteiger partial charge in [0.1, 0.15) is 12.4 Å². The summed E-state index contributed by atoms with van der Waals surface area (Å²) in [5.41, 5.74) is 2.94. The average molecular weight is 393 g/mol. The first-order chi connectivity index (χ1) is 14.0. The van der Waals surface area contributed by atoms with Crippen molar-refractivity contribution in [3.05, 3.63) is 95.6 Å². The molecule has 3 aromatic rings. The normalized spacial score (nSPS) is 11.4. The van der Waals surface area contributed by atoms with E-state index in [0.29, 0.717) is 24.3 Å². The molecule has 0 aromatic heterocycles. The predicted molar refractivity (Wildman–Crippen MR) is 107 cm³/mol. The van der Waals surface area contributed by atoms with Gasteiger partial charge in [0.05, 0.1) is 18.1 Å². The zero-order valence-electron chi connectivity index (χ0n) is 15.5. The van der Waals surface area contributed by atoms with E-state index in [1.807, 2.05) is 48.5 Å². The van der Waals surface area contributed by atoms with Gasteiger partial charge in [0.15, 0.2) is 0 Å². The second kappa shape index (κ2) is 9.11. The molecule has 0 heterocycles. The van der Waals surface area contributed by atoms with Crippen molar-refractivity contribution >= 4 is 6.08 Å². The molecule has 0 spiro atoms. The van der Waals surface area contributed by atoms with Crippen LogP contribution in [0.5, 0.6) is 5.75 Å². The first-order valence-corrected chi connectivity index (χ1v) is 8.98. The fourth-order valence-electron chi connectivity index (χ4n) is 2.83. The number of ether oxygens (including phenoxy) is 1. The molecule has 0 saturated heterocycles. The van der Waals surface area contributed by atoms with E-state index in [-0.39, 0.29) is 0 Å². The van der Waals surface area contributed by atoms with Crippen LogP contribution in [-0.2, 0) is 12.6 Å². The third kappa shape index (κ3) is 5.73. The molecule has 0 amide bonds. The van der Waals surface area contributed by atoms with Gasteiger partial charge in [0, 0.05) is 0 Å². The van der Waals surface area contributed by atoms with Gasteiger partial charge < -0.3 is 4.74 Å². The molecule has 0 radical (unpaired) electrons. The molecule has 0 fully saturated rings. The number of rotatable bonds is 6. The van der Waals surface area contributed by atoms with Crippen LogP contribution in [0.3, 0.4) is 0 Å². The lowest BCUT2D eigenvalue weighted by molar-refractivity contribution is -0.137. The van der Waals surface area contributed by atoms with Gasteiger partial charge in [-0.05, 0) is 52.6 Å². The Hall–Kier alpha value is -3.52. The number of nitriles is 1. The molecule has 0 N–H and O–H groups in total. The summed E-state index contributed by atoms with van der Waals surface area (Å²) in [6.45, 7) is 0.291. The highest BCUT2D eigenvalue weighted by Crippen LogP contribution is 2.29. The molecule has 146 valence electrons. The second-order valence-corrected chi connectivity index (χ2v) is 6.40. The highest BCUT2D eigenvalue weighted by molar-refractivity contribution is 5.66. The lowest BCUT2D eigenvalue weighted by Gasteiger charge is -2.08. The fourth-order valence-corrected chi connectivity index (χ4v) is 2.83. The molecular formula is C24H18F3NO. The van der Waals surface area contributed by atoms with Crippen LogP contribution < -0.4 is 4.74 Å². The van der Waals surface area contributed by atoms with Gasteiger partial charge in [-0.25, -0.2) is 0 Å². The van der Waals surface area contributed by atoms with Gasteiger partial charge in [0.2, 0.25) is 0 Å². The summed E-state index contributed by atoms with van der Waals surface area (Å²) < 4.78 is 43.5. The topological polar surface area (TPSA) is 33.0 Å². The van der Waals surface area contributed by atoms with Crippen LogP contribution in [0.25, 0.3) is 17.2 Å². The monoisotopic (exact) mass is 393 g/mol. The van der Waals surface area contributed by atoms with Crippen LogP contribution in [0.15, 0.2) is 78.9 Å². The standard InChI is InChI=1S/C24H18F3NO/c25-24(26,27)22-11-9-18(10-12-22)5-3-15-29-23-8-2-7-21(17-23)20-6-1-4-19(16-20)13-14-28/h1-12,16-17H,13,15H2/b5-3+. The van der Waals surface area contributed by atoms with Crippen molar-refractivity contribution < 1.29 is 17.9 Å². The van der Waals surface area contributed by atoms with E-state index in [2.05, 4.69) is 6.07 Å². The Morgan fingerprint density at radius 3 is 2.28 bits per heavy atom. The van der Waals surface area contributed by atoms with Crippen molar-refractivity contribution in [2.45, 2.75) is 12.6 Å². The van der Waals surface area contributed by atoms with Gasteiger partial charge in [-0.1, -0.05) is 54.6 Å². The number of benzene rings is 3. The fraction of sp³-hybridized carbons (Fsp3) is 0.125. The largest absolute Gasteiger partial charge is 0.490 e. The maximum absolute atomic E-state index is 12.6. The summed E-state index contributed by atoms with van der Waals surface area (Å²) >= 11 is 0. The summed E-state index contributed by atoms with van der Waals surface area (Å²) in [5.74, 6) is 0.685. The molecule has 3 rings (SSSR count). The molecule has 3 aromatic carbocycles. The van der Waals surface area contributed by atoms with E-state index in [1.54, 1.807) is 12.2 Å². The van der Waals surface area contributed by atoms with Gasteiger partial charge in [-0.3, -0.25) is 0 Å². The molecule has 29 heavy (non-hydrogen) atoms. The van der Waals surface area contributed by atoms with Crippen LogP contribution >= 0.6 is 0 Å². The average Bonchev–Trinajstić information content (AvgIpc) is 2.72. The van der Waals surface area contributed by atoms with Crippen molar-refractivity contribution in [2.75, 3.05) is 6.61 Å². The Bertz CT molecular complexity index is 1030. The van der Waals surface area contributed by atoms with Crippen molar-refractivity contribution in [1.29, 1.82) is 5.26 Å². The summed E-state index contributed by atoms with van der Waals surface area (Å²) in [4.78, 5) is 0. The summed E-state index contributed by atoms with van der Waals surface area (Å²) in [5, 5.41) is 8.85. The number of alkyl halides is 3. The maximum Gasteiger partial charge on any atom is 0.416 e. The van der Waals surface area contributed by atoms with Gasteiger partial charge >= 0.3 is 6.18 Å². The molecule has 2 nitrogen and oxygen atoms in total. The number of hydrogen-bond donors (Lipinski definition) is 0. The summed E-state index contributed by atoms with van der Waals surface area (Å²) in [6, 6.07) is 22.5. The molecule has 0 atom stereocenters. The molecule has 0 saturated carbocycles. The predicted octanol–water partition coefficient (Wildman–Crippen LogP) is 6.53. The highest BCUT2D eigenvalue weighted by Gasteiger charge is 2.29. The lowest BCUT2D eigenvalue weighted by atomic mass is 10.0. The zero-order chi connectivity index (χ0) is 20.7. The number of halogens is 3. The van der Waals surface area contributed by atoms with E-state index in [4.69, 9.17) is 10.00 Å². The smallest absolute Gasteiger partial charge is 0.416 e. The quantitative estimate of drug-likeness (QED) is 0.477. The first kappa shape index (κ1) is 20.2. The Kier molecular flexibility index (Phi) is 6.36. The third-order valence-corrected chi connectivity index (χ3v) is 4.27. The minimum Gasteiger partial charge on any atom is -0.490 e. The molecule has 0 unspecified atom stereocenters. The van der Waals surface area contributed by atoms with Crippen molar-refractivity contribution in [2.24, 2.45) is 0 Å². The van der Waals surface area contributed by atoms with Crippen LogP contribution in [-0.4, -0.2) is 6.61 Å². The third-order valence-electron chi connectivity index (χ3n) is 4.27. The first-order valence-electron chi connectivity index (χ1n) is 8.98. The number of nitrogens with zero attached hydrogens (tertiary/aromatic N) is 1. The maximum atomic E-state index is 12.6. The lowest BCUT2D eigenvalue weighted by Crippen LogP contribution is -2.03. The summed E-state index contributed by atoms with van der Waals surface area (Å²) in [6.07, 6.45) is -0.499. The van der Waals surface area contributed by atoms with E-state index < -0.39 is 11.7 Å². The molecule has 0 aliphatic carbocycles. The summed E-state index contributed by atoms with van der Waals surface area (Å²) in [7, 11) is 0.